The Morgan fingerprint density at radius 3 is 2.73 bits per heavy atom. The van der Waals surface area contributed by atoms with E-state index in [0.717, 1.165) is 17.2 Å². The van der Waals surface area contributed by atoms with Gasteiger partial charge >= 0.3 is 5.97 Å². The van der Waals surface area contributed by atoms with E-state index in [1.165, 1.54) is 18.2 Å². The van der Waals surface area contributed by atoms with Crippen LogP contribution < -0.4 is 4.74 Å². The van der Waals surface area contributed by atoms with Crippen LogP contribution in [-0.4, -0.2) is 37.4 Å². The van der Waals surface area contributed by atoms with E-state index in [1.807, 2.05) is 18.2 Å². The molecule has 0 fully saturated rings. The van der Waals surface area contributed by atoms with Gasteiger partial charge < -0.3 is 19.4 Å². The van der Waals surface area contributed by atoms with Gasteiger partial charge in [-0.2, -0.15) is 5.10 Å². The fraction of sp³-hybridized carbons (Fsp3) is 0.103. The van der Waals surface area contributed by atoms with Crippen LogP contribution in [0.3, 0.4) is 0 Å². The smallest absolute Gasteiger partial charge is 0.335 e. The zero-order chi connectivity index (χ0) is 27.6. The number of rotatable bonds is 8. The summed E-state index contributed by atoms with van der Waals surface area (Å²) in [5.74, 6) is -1.43. The van der Waals surface area contributed by atoms with Gasteiger partial charge in [-0.3, -0.25) is 5.01 Å². The number of aromatic carboxylic acids is 1. The summed E-state index contributed by atoms with van der Waals surface area (Å²) in [6, 6.07) is 19.7. The van der Waals surface area contributed by atoms with Gasteiger partial charge in [0, 0.05) is 11.6 Å². The number of halogens is 2. The molecule has 3 heterocycles. The van der Waals surface area contributed by atoms with Crippen molar-refractivity contribution < 1.29 is 27.9 Å². The predicted octanol–water partition coefficient (Wildman–Crippen LogP) is 5.64. The first-order valence-corrected chi connectivity index (χ1v) is 12.3. The molecule has 6 rings (SSSR count). The Bertz CT molecular complexity index is 1730. The molecule has 2 N–H and O–H groups in total. The number of fused-ring (bicyclic) bond motifs is 1. The zero-order valence-corrected chi connectivity index (χ0v) is 20.8. The number of nitrogens with one attached hydrogen (secondary N) is 1. The van der Waals surface area contributed by atoms with Crippen molar-refractivity contribution in [2.24, 2.45) is 5.10 Å². The number of carbonyl (C=O) groups is 1. The molecule has 0 unspecified atom stereocenters. The molecule has 1 aliphatic heterocycles. The van der Waals surface area contributed by atoms with Gasteiger partial charge in [-0.25, -0.2) is 18.6 Å². The monoisotopic (exact) mass is 541 g/mol. The number of hydrogen-bond acceptors (Lipinski definition) is 7. The number of nitrogens with zero attached hydrogens (tertiary/aromatic N) is 4. The number of hydrogen-bond donors (Lipinski definition) is 2. The molecule has 1 aliphatic rings. The molecule has 0 radical (unpaired) electrons. The minimum absolute atomic E-state index is 0.0537. The second-order valence-electron chi connectivity index (χ2n) is 9.11. The van der Waals surface area contributed by atoms with Crippen LogP contribution in [0.25, 0.3) is 22.6 Å². The molecule has 11 heteroatoms. The lowest BCUT2D eigenvalue weighted by Crippen LogP contribution is -2.21. The number of aromatic amines is 1. The predicted molar refractivity (Wildman–Crippen MR) is 140 cm³/mol. The zero-order valence-electron chi connectivity index (χ0n) is 20.8. The van der Waals surface area contributed by atoms with Gasteiger partial charge in [-0.05, 0) is 54.1 Å². The van der Waals surface area contributed by atoms with Crippen LogP contribution >= 0.6 is 0 Å². The Kier molecular flexibility index (Phi) is 6.52. The largest absolute Gasteiger partial charge is 0.489 e. The summed E-state index contributed by atoms with van der Waals surface area (Å²) in [5.41, 5.74) is 3.77. The van der Waals surface area contributed by atoms with Crippen LogP contribution in [0.15, 0.2) is 82.4 Å². The Morgan fingerprint density at radius 1 is 1.07 bits per heavy atom. The van der Waals surface area contributed by atoms with Crippen molar-refractivity contribution in [1.82, 2.24) is 20.1 Å². The van der Waals surface area contributed by atoms with Gasteiger partial charge in [0.25, 0.3) is 0 Å². The van der Waals surface area contributed by atoms with Crippen LogP contribution in [0, 0.1) is 11.6 Å². The molecule has 0 saturated heterocycles. The van der Waals surface area contributed by atoms with Crippen LogP contribution in [0.2, 0.25) is 0 Å². The molecule has 2 aromatic heterocycles. The highest BCUT2D eigenvalue weighted by atomic mass is 19.2. The summed E-state index contributed by atoms with van der Waals surface area (Å²) >= 11 is 0. The van der Waals surface area contributed by atoms with E-state index in [1.54, 1.807) is 41.6 Å². The van der Waals surface area contributed by atoms with Gasteiger partial charge in [0.05, 0.1) is 41.8 Å². The van der Waals surface area contributed by atoms with E-state index in [9.17, 15) is 13.6 Å². The van der Waals surface area contributed by atoms with Crippen molar-refractivity contribution in [2.45, 2.75) is 19.7 Å². The molecule has 0 saturated carbocycles. The van der Waals surface area contributed by atoms with Crippen LogP contribution in [0.5, 0.6) is 5.75 Å². The third kappa shape index (κ3) is 5.17. The number of aromatic nitrogens is 3. The first-order valence-electron chi connectivity index (χ1n) is 12.3. The Morgan fingerprint density at radius 2 is 1.90 bits per heavy atom. The minimum atomic E-state index is -0.983. The second-order valence-corrected chi connectivity index (χ2v) is 9.11. The fourth-order valence-corrected chi connectivity index (χ4v) is 4.30. The van der Waals surface area contributed by atoms with Crippen LogP contribution in [0.1, 0.15) is 33.1 Å². The molecular weight excluding hydrogens is 520 g/mol. The van der Waals surface area contributed by atoms with E-state index < -0.39 is 17.6 Å². The van der Waals surface area contributed by atoms with Gasteiger partial charge in [0.15, 0.2) is 17.4 Å². The summed E-state index contributed by atoms with van der Waals surface area (Å²) in [4.78, 5) is 18.6. The summed E-state index contributed by atoms with van der Waals surface area (Å²) in [6.07, 6.45) is 1.58. The maximum Gasteiger partial charge on any atom is 0.335 e. The number of imidazole rings is 1. The van der Waals surface area contributed by atoms with Crippen LogP contribution in [0.4, 0.5) is 8.78 Å². The second kappa shape index (κ2) is 10.4. The average Bonchev–Trinajstić information content (AvgIpc) is 3.61. The first-order chi connectivity index (χ1) is 19.4. The molecule has 0 spiro atoms. The van der Waals surface area contributed by atoms with Crippen molar-refractivity contribution in [2.75, 3.05) is 0 Å². The minimum Gasteiger partial charge on any atom is -0.489 e. The highest BCUT2D eigenvalue weighted by Crippen LogP contribution is 2.27. The highest BCUT2D eigenvalue weighted by Gasteiger charge is 2.21. The van der Waals surface area contributed by atoms with E-state index in [0.29, 0.717) is 41.7 Å². The Balaban J connectivity index is 1.08. The van der Waals surface area contributed by atoms with Gasteiger partial charge in [-0.15, -0.1) is 0 Å². The van der Waals surface area contributed by atoms with E-state index >= 15 is 0 Å². The molecular formula is C29H21F2N5O4. The normalized spacial score (nSPS) is 12.4. The summed E-state index contributed by atoms with van der Waals surface area (Å²) in [7, 11) is 0. The van der Waals surface area contributed by atoms with Crippen LogP contribution in [-0.2, 0) is 19.7 Å². The fourth-order valence-electron chi connectivity index (χ4n) is 4.30. The molecule has 9 nitrogen and oxygen atoms in total. The molecule has 200 valence electrons. The van der Waals surface area contributed by atoms with Crippen molar-refractivity contribution in [3.8, 4) is 28.4 Å². The van der Waals surface area contributed by atoms with Gasteiger partial charge in [-0.1, -0.05) is 23.4 Å². The summed E-state index contributed by atoms with van der Waals surface area (Å²) < 4.78 is 39.1. The number of benzene rings is 3. The first kappa shape index (κ1) is 25.0. The maximum atomic E-state index is 14.2. The molecule has 0 aliphatic carbocycles. The Labute approximate surface area is 226 Å². The third-order valence-corrected chi connectivity index (χ3v) is 6.33. The molecule has 0 atom stereocenters. The van der Waals surface area contributed by atoms with Gasteiger partial charge in [0.1, 0.15) is 23.9 Å². The molecule has 3 aromatic carbocycles. The highest BCUT2D eigenvalue weighted by molar-refractivity contribution is 5.87. The summed E-state index contributed by atoms with van der Waals surface area (Å²) in [6.45, 7) is 0.911. The molecule has 0 amide bonds. The maximum absolute atomic E-state index is 14.2. The number of carboxylic acids is 1. The lowest BCUT2D eigenvalue weighted by molar-refractivity contribution is 0.0696. The quantitative estimate of drug-likeness (QED) is 0.261. The number of hydrazone groups is 1. The third-order valence-electron chi connectivity index (χ3n) is 6.33. The van der Waals surface area contributed by atoms with Crippen molar-refractivity contribution in [1.29, 1.82) is 0 Å². The molecule has 40 heavy (non-hydrogen) atoms. The standard InChI is InChI=1S/C29H21F2N5O4/c30-23-6-2-5-22(27(23)31)28-33-25-13-32-36(15-26(25)34-28)14-21-12-24(35-40-21)18-7-9-20(10-8-18)39-16-17-3-1-4-19(11-17)29(37)38/h1-13H,14-16H2,(H,33,34)(H,37,38). The lowest BCUT2D eigenvalue weighted by atomic mass is 10.1. The van der Waals surface area contributed by atoms with E-state index in [4.69, 9.17) is 14.4 Å². The number of H-pyrrole nitrogens is 1. The van der Waals surface area contributed by atoms with E-state index in [2.05, 4.69) is 20.2 Å². The number of carboxylic acid groups (broad SMARTS) is 1. The van der Waals surface area contributed by atoms with Crippen molar-refractivity contribution >= 4 is 12.2 Å². The number of ether oxygens (including phenoxy) is 1. The van der Waals surface area contributed by atoms with Gasteiger partial charge in [0.2, 0.25) is 0 Å². The summed E-state index contributed by atoms with van der Waals surface area (Å²) in [5, 5.41) is 19.4. The topological polar surface area (TPSA) is 117 Å². The molecule has 5 aromatic rings. The average molecular weight is 542 g/mol. The van der Waals surface area contributed by atoms with E-state index in [-0.39, 0.29) is 23.6 Å². The Hall–Kier alpha value is -5.32. The SMILES string of the molecule is O=C(O)c1cccc(COc2ccc(-c3cc(CN4Cc5nc(-c6cccc(F)c6F)[nH]c5C=N4)on3)cc2)c1. The van der Waals surface area contributed by atoms with Crippen molar-refractivity contribution in [3.05, 3.63) is 113 Å². The van der Waals surface area contributed by atoms with Crippen molar-refractivity contribution in [3.63, 3.8) is 0 Å². The lowest BCUT2D eigenvalue weighted by Gasteiger charge is -2.19. The molecule has 0 bridgehead atoms.